The van der Waals surface area contributed by atoms with Crippen molar-refractivity contribution in [3.8, 4) is 0 Å². The van der Waals surface area contributed by atoms with E-state index in [0.29, 0.717) is 17.9 Å². The molecular weight excluding hydrogens is 340 g/mol. The van der Waals surface area contributed by atoms with Crippen molar-refractivity contribution in [2.45, 2.75) is 38.8 Å². The molecule has 3 rings (SSSR count). The summed E-state index contributed by atoms with van der Waals surface area (Å²) in [4.78, 5) is 26.8. The molecule has 0 aromatic heterocycles. The molecule has 0 saturated carbocycles. The number of benzene rings is 2. The summed E-state index contributed by atoms with van der Waals surface area (Å²) in [5, 5.41) is 2.85. The Hall–Kier alpha value is -2.66. The number of ether oxygens (including phenoxy) is 1. The average Bonchev–Trinajstić information content (AvgIpc) is 3.22. The Bertz CT molecular complexity index is 811. The fourth-order valence-corrected chi connectivity index (χ4v) is 3.19. The molecule has 1 saturated heterocycles. The van der Waals surface area contributed by atoms with Crippen LogP contribution in [0.25, 0.3) is 0 Å². The van der Waals surface area contributed by atoms with Gasteiger partial charge < -0.3 is 15.0 Å². The molecule has 27 heavy (non-hydrogen) atoms. The van der Waals surface area contributed by atoms with Crippen LogP contribution in [0.1, 0.15) is 47.3 Å². The molecule has 0 aliphatic carbocycles. The molecule has 1 fully saturated rings. The van der Waals surface area contributed by atoms with Gasteiger partial charge in [-0.15, -0.1) is 0 Å². The van der Waals surface area contributed by atoms with E-state index in [9.17, 15) is 9.59 Å². The molecule has 2 amide bonds. The van der Waals surface area contributed by atoms with Gasteiger partial charge in [0, 0.05) is 24.9 Å². The molecule has 0 spiro atoms. The molecular formula is C22H26N2O3. The number of hydrogen-bond acceptors (Lipinski definition) is 3. The summed E-state index contributed by atoms with van der Waals surface area (Å²) < 4.78 is 5.40. The molecule has 2 atom stereocenters. The fraction of sp³-hybridized carbons (Fsp3) is 0.364. The molecule has 142 valence electrons. The molecule has 0 bridgehead atoms. The Morgan fingerprint density at radius 2 is 1.93 bits per heavy atom. The number of carbonyl (C=O) groups is 2. The van der Waals surface area contributed by atoms with Crippen molar-refractivity contribution in [2.75, 3.05) is 19.0 Å². The van der Waals surface area contributed by atoms with Crippen LogP contribution in [0.2, 0.25) is 0 Å². The zero-order valence-corrected chi connectivity index (χ0v) is 16.1. The zero-order chi connectivity index (χ0) is 19.4. The average molecular weight is 366 g/mol. The predicted octanol–water partition coefficient (Wildman–Crippen LogP) is 3.95. The first-order valence-electron chi connectivity index (χ1n) is 9.32. The zero-order valence-electron chi connectivity index (χ0n) is 16.1. The third-order valence-corrected chi connectivity index (χ3v) is 5.06. The van der Waals surface area contributed by atoms with E-state index < -0.39 is 6.10 Å². The van der Waals surface area contributed by atoms with Crippen LogP contribution in [-0.4, -0.2) is 36.5 Å². The third kappa shape index (κ3) is 4.55. The Kier molecular flexibility index (Phi) is 5.91. The second-order valence-corrected chi connectivity index (χ2v) is 7.07. The van der Waals surface area contributed by atoms with Crippen molar-refractivity contribution in [3.63, 3.8) is 0 Å². The molecule has 0 radical (unpaired) electrons. The molecule has 2 aromatic carbocycles. The van der Waals surface area contributed by atoms with Gasteiger partial charge in [0.05, 0.1) is 6.04 Å². The first-order chi connectivity index (χ1) is 13.0. The van der Waals surface area contributed by atoms with E-state index in [1.807, 2.05) is 38.1 Å². The minimum Gasteiger partial charge on any atom is -0.368 e. The quantitative estimate of drug-likeness (QED) is 0.872. The molecule has 1 aliphatic heterocycles. The molecule has 1 aliphatic rings. The summed E-state index contributed by atoms with van der Waals surface area (Å²) in [5.74, 6) is -0.241. The van der Waals surface area contributed by atoms with Gasteiger partial charge in [-0.2, -0.15) is 0 Å². The Labute approximate surface area is 160 Å². The van der Waals surface area contributed by atoms with E-state index in [4.69, 9.17) is 4.74 Å². The van der Waals surface area contributed by atoms with E-state index >= 15 is 0 Å². The SMILES string of the molecule is Cc1ccc(C(C)N(C)C(=O)c2cccc(NC(=O)C3CCCO3)c2)cc1. The summed E-state index contributed by atoms with van der Waals surface area (Å²) in [6.45, 7) is 4.67. The first-order valence-corrected chi connectivity index (χ1v) is 9.32. The molecule has 1 N–H and O–H groups in total. The minimum atomic E-state index is -0.395. The fourth-order valence-electron chi connectivity index (χ4n) is 3.19. The Morgan fingerprint density at radius 1 is 1.19 bits per heavy atom. The predicted molar refractivity (Wildman–Crippen MR) is 106 cm³/mol. The van der Waals surface area contributed by atoms with Crippen LogP contribution in [-0.2, 0) is 9.53 Å². The highest BCUT2D eigenvalue weighted by atomic mass is 16.5. The highest BCUT2D eigenvalue weighted by Crippen LogP contribution is 2.22. The number of nitrogens with one attached hydrogen (secondary N) is 1. The second kappa shape index (κ2) is 8.35. The maximum absolute atomic E-state index is 12.9. The maximum atomic E-state index is 12.9. The molecule has 5 heteroatoms. The first kappa shape index (κ1) is 19.1. The Balaban J connectivity index is 1.70. The Morgan fingerprint density at radius 3 is 2.59 bits per heavy atom. The van der Waals surface area contributed by atoms with Crippen LogP contribution < -0.4 is 5.32 Å². The van der Waals surface area contributed by atoms with Crippen molar-refractivity contribution >= 4 is 17.5 Å². The molecule has 1 heterocycles. The van der Waals surface area contributed by atoms with Gasteiger partial charge in [-0.1, -0.05) is 35.9 Å². The van der Waals surface area contributed by atoms with Crippen LogP contribution in [0.3, 0.4) is 0 Å². The largest absolute Gasteiger partial charge is 0.368 e. The number of anilines is 1. The van der Waals surface area contributed by atoms with Crippen LogP contribution in [0.4, 0.5) is 5.69 Å². The highest BCUT2D eigenvalue weighted by molar-refractivity contribution is 5.98. The normalized spacial score (nSPS) is 17.4. The van der Waals surface area contributed by atoms with E-state index in [1.54, 1.807) is 36.2 Å². The van der Waals surface area contributed by atoms with Gasteiger partial charge in [0.2, 0.25) is 0 Å². The monoisotopic (exact) mass is 366 g/mol. The van der Waals surface area contributed by atoms with Gasteiger partial charge in [-0.25, -0.2) is 0 Å². The topological polar surface area (TPSA) is 58.6 Å². The summed E-state index contributed by atoms with van der Waals surface area (Å²) >= 11 is 0. The highest BCUT2D eigenvalue weighted by Gasteiger charge is 2.24. The van der Waals surface area contributed by atoms with E-state index in [0.717, 1.165) is 18.4 Å². The third-order valence-electron chi connectivity index (χ3n) is 5.06. The number of amides is 2. The lowest BCUT2D eigenvalue weighted by Crippen LogP contribution is -2.30. The van der Waals surface area contributed by atoms with Crippen LogP contribution in [0.15, 0.2) is 48.5 Å². The van der Waals surface area contributed by atoms with Crippen molar-refractivity contribution in [1.29, 1.82) is 0 Å². The van der Waals surface area contributed by atoms with E-state index in [1.165, 1.54) is 5.56 Å². The number of nitrogens with zero attached hydrogens (tertiary/aromatic N) is 1. The van der Waals surface area contributed by atoms with Crippen molar-refractivity contribution in [1.82, 2.24) is 4.90 Å². The lowest BCUT2D eigenvalue weighted by molar-refractivity contribution is -0.124. The summed E-state index contributed by atoms with van der Waals surface area (Å²) in [7, 11) is 1.80. The van der Waals surface area contributed by atoms with Crippen LogP contribution >= 0.6 is 0 Å². The van der Waals surface area contributed by atoms with Crippen molar-refractivity contribution in [3.05, 3.63) is 65.2 Å². The number of aryl methyl sites for hydroxylation is 1. The lowest BCUT2D eigenvalue weighted by Gasteiger charge is -2.26. The van der Waals surface area contributed by atoms with E-state index in [2.05, 4.69) is 5.32 Å². The van der Waals surface area contributed by atoms with Gasteiger partial charge in [0.1, 0.15) is 6.10 Å². The van der Waals surface area contributed by atoms with Gasteiger partial charge in [-0.05, 0) is 50.5 Å². The lowest BCUT2D eigenvalue weighted by atomic mass is 10.0. The van der Waals surface area contributed by atoms with Gasteiger partial charge in [0.15, 0.2) is 0 Å². The van der Waals surface area contributed by atoms with Gasteiger partial charge >= 0.3 is 0 Å². The van der Waals surface area contributed by atoms with Crippen LogP contribution in [0, 0.1) is 6.92 Å². The number of carbonyl (C=O) groups excluding carboxylic acids is 2. The minimum absolute atomic E-state index is 0.0526. The van der Waals surface area contributed by atoms with Gasteiger partial charge in [-0.3, -0.25) is 9.59 Å². The van der Waals surface area contributed by atoms with E-state index in [-0.39, 0.29) is 17.9 Å². The smallest absolute Gasteiger partial charge is 0.254 e. The summed E-state index contributed by atoms with van der Waals surface area (Å²) in [5.41, 5.74) is 3.42. The number of rotatable bonds is 5. The molecule has 2 aromatic rings. The van der Waals surface area contributed by atoms with Crippen molar-refractivity contribution in [2.24, 2.45) is 0 Å². The number of hydrogen-bond donors (Lipinski definition) is 1. The summed E-state index contributed by atoms with van der Waals surface area (Å²) in [6, 6.07) is 15.2. The maximum Gasteiger partial charge on any atom is 0.254 e. The molecule has 2 unspecified atom stereocenters. The summed E-state index contributed by atoms with van der Waals surface area (Å²) in [6.07, 6.45) is 1.24. The van der Waals surface area contributed by atoms with Gasteiger partial charge in [0.25, 0.3) is 11.8 Å². The van der Waals surface area contributed by atoms with Crippen LogP contribution in [0.5, 0.6) is 0 Å². The molecule has 5 nitrogen and oxygen atoms in total. The second-order valence-electron chi connectivity index (χ2n) is 7.07. The standard InChI is InChI=1S/C22H26N2O3/c1-15-9-11-17(12-10-15)16(2)24(3)22(26)18-6-4-7-19(14-18)23-21(25)20-8-5-13-27-20/h4,6-7,9-12,14,16,20H,5,8,13H2,1-3H3,(H,23,25). The van der Waals surface area contributed by atoms with Crippen molar-refractivity contribution < 1.29 is 14.3 Å².